The first-order valence-corrected chi connectivity index (χ1v) is 6.72. The number of nitrogens with one attached hydrogen (secondary N) is 1. The van der Waals surface area contributed by atoms with Crippen LogP contribution in [0.3, 0.4) is 0 Å². The van der Waals surface area contributed by atoms with Crippen molar-refractivity contribution in [3.8, 4) is 0 Å². The highest BCUT2D eigenvalue weighted by atomic mass is 14.9. The Kier molecular flexibility index (Phi) is 4.32. The van der Waals surface area contributed by atoms with Crippen LogP contribution in [0.5, 0.6) is 0 Å². The first-order chi connectivity index (χ1) is 8.72. The molecule has 0 aliphatic heterocycles. The third-order valence-corrected chi connectivity index (χ3v) is 3.47. The largest absolute Gasteiger partial charge is 0.313 e. The van der Waals surface area contributed by atoms with E-state index in [1.807, 2.05) is 19.4 Å². The quantitative estimate of drug-likeness (QED) is 0.859. The van der Waals surface area contributed by atoms with E-state index in [0.29, 0.717) is 6.04 Å². The van der Waals surface area contributed by atoms with Crippen LogP contribution in [0.2, 0.25) is 0 Å². The number of rotatable bonds is 5. The maximum Gasteiger partial charge on any atom is 0.0349 e. The monoisotopic (exact) mass is 242 g/mol. The van der Waals surface area contributed by atoms with E-state index in [4.69, 9.17) is 0 Å². The van der Waals surface area contributed by atoms with Crippen molar-refractivity contribution in [2.45, 2.75) is 32.7 Å². The number of aromatic nitrogens is 1. The molecule has 2 rings (SSSR count). The standard InChI is InChI=1S/C16H22N2/c1-12(2)7-8-16(17-3)14-6-4-5-13-9-10-18-11-15(13)14/h4-6,9-12,16-17H,7-8H2,1-3H3. The van der Waals surface area contributed by atoms with Gasteiger partial charge in [-0.05, 0) is 42.8 Å². The number of hydrogen-bond donors (Lipinski definition) is 1. The fraction of sp³-hybridized carbons (Fsp3) is 0.438. The van der Waals surface area contributed by atoms with E-state index in [1.54, 1.807) is 0 Å². The molecule has 1 atom stereocenters. The molecule has 0 amide bonds. The molecule has 2 heteroatoms. The normalized spacial score (nSPS) is 13.1. The SMILES string of the molecule is CNC(CCC(C)C)c1cccc2ccncc12. The van der Waals surface area contributed by atoms with Gasteiger partial charge >= 0.3 is 0 Å². The molecule has 0 spiro atoms. The molecule has 18 heavy (non-hydrogen) atoms. The van der Waals surface area contributed by atoms with Crippen LogP contribution in [0.25, 0.3) is 10.8 Å². The van der Waals surface area contributed by atoms with Crippen LogP contribution in [0.1, 0.15) is 38.3 Å². The average molecular weight is 242 g/mol. The van der Waals surface area contributed by atoms with Gasteiger partial charge in [-0.1, -0.05) is 32.0 Å². The molecular formula is C16H22N2. The van der Waals surface area contributed by atoms with E-state index in [-0.39, 0.29) is 0 Å². The van der Waals surface area contributed by atoms with Gasteiger partial charge in [0.05, 0.1) is 0 Å². The van der Waals surface area contributed by atoms with Crippen molar-refractivity contribution in [3.63, 3.8) is 0 Å². The first-order valence-electron chi connectivity index (χ1n) is 6.72. The molecule has 0 saturated heterocycles. The fourth-order valence-corrected chi connectivity index (χ4v) is 2.40. The van der Waals surface area contributed by atoms with Crippen molar-refractivity contribution in [2.75, 3.05) is 7.05 Å². The third kappa shape index (κ3) is 2.88. The van der Waals surface area contributed by atoms with Gasteiger partial charge in [0, 0.05) is 23.8 Å². The second kappa shape index (κ2) is 5.96. The zero-order valence-electron chi connectivity index (χ0n) is 11.5. The Morgan fingerprint density at radius 1 is 1.17 bits per heavy atom. The van der Waals surface area contributed by atoms with Crippen molar-refractivity contribution >= 4 is 10.8 Å². The number of benzene rings is 1. The Hall–Kier alpha value is -1.41. The zero-order valence-corrected chi connectivity index (χ0v) is 11.5. The summed E-state index contributed by atoms with van der Waals surface area (Å²) in [5, 5.41) is 5.98. The summed E-state index contributed by atoms with van der Waals surface area (Å²) in [6.07, 6.45) is 6.24. The second-order valence-corrected chi connectivity index (χ2v) is 5.26. The minimum Gasteiger partial charge on any atom is -0.313 e. The Morgan fingerprint density at radius 2 is 2.00 bits per heavy atom. The molecule has 0 saturated carbocycles. The summed E-state index contributed by atoms with van der Waals surface area (Å²) in [5.74, 6) is 0.744. The first kappa shape index (κ1) is 13.0. The number of fused-ring (bicyclic) bond motifs is 1. The highest BCUT2D eigenvalue weighted by Gasteiger charge is 2.12. The lowest BCUT2D eigenvalue weighted by Crippen LogP contribution is -2.17. The summed E-state index contributed by atoms with van der Waals surface area (Å²) in [7, 11) is 2.04. The second-order valence-electron chi connectivity index (χ2n) is 5.26. The van der Waals surface area contributed by atoms with Crippen LogP contribution < -0.4 is 5.32 Å². The van der Waals surface area contributed by atoms with E-state index < -0.39 is 0 Å². The van der Waals surface area contributed by atoms with Gasteiger partial charge in [0.25, 0.3) is 0 Å². The van der Waals surface area contributed by atoms with Crippen molar-refractivity contribution in [3.05, 3.63) is 42.2 Å². The summed E-state index contributed by atoms with van der Waals surface area (Å²) >= 11 is 0. The Bertz CT molecular complexity index is 500. The highest BCUT2D eigenvalue weighted by Crippen LogP contribution is 2.27. The fourth-order valence-electron chi connectivity index (χ4n) is 2.40. The Balaban J connectivity index is 2.32. The summed E-state index contributed by atoms with van der Waals surface area (Å²) in [6.45, 7) is 4.55. The third-order valence-electron chi connectivity index (χ3n) is 3.47. The molecule has 1 heterocycles. The topological polar surface area (TPSA) is 24.9 Å². The molecule has 1 unspecified atom stereocenters. The molecule has 0 radical (unpaired) electrons. The molecule has 2 aromatic rings. The van der Waals surface area contributed by atoms with Gasteiger partial charge in [0.2, 0.25) is 0 Å². The molecule has 2 nitrogen and oxygen atoms in total. The van der Waals surface area contributed by atoms with Gasteiger partial charge in [-0.3, -0.25) is 4.98 Å². The van der Waals surface area contributed by atoms with Crippen LogP contribution in [0.4, 0.5) is 0 Å². The predicted molar refractivity (Wildman–Crippen MR) is 77.6 cm³/mol. The minimum absolute atomic E-state index is 0.417. The summed E-state index contributed by atoms with van der Waals surface area (Å²) in [5.41, 5.74) is 1.36. The highest BCUT2D eigenvalue weighted by molar-refractivity contribution is 5.85. The molecule has 0 bridgehead atoms. The van der Waals surface area contributed by atoms with Crippen molar-refractivity contribution in [1.82, 2.24) is 10.3 Å². The van der Waals surface area contributed by atoms with Crippen LogP contribution in [0.15, 0.2) is 36.7 Å². The van der Waals surface area contributed by atoms with E-state index in [9.17, 15) is 0 Å². The van der Waals surface area contributed by atoms with Crippen molar-refractivity contribution in [1.29, 1.82) is 0 Å². The van der Waals surface area contributed by atoms with Crippen LogP contribution in [-0.4, -0.2) is 12.0 Å². The maximum atomic E-state index is 4.26. The van der Waals surface area contributed by atoms with E-state index in [2.05, 4.69) is 48.4 Å². The lowest BCUT2D eigenvalue weighted by molar-refractivity contribution is 0.467. The summed E-state index contributed by atoms with van der Waals surface area (Å²) in [6, 6.07) is 8.99. The molecule has 0 aliphatic carbocycles. The summed E-state index contributed by atoms with van der Waals surface area (Å²) in [4.78, 5) is 4.26. The van der Waals surface area contributed by atoms with E-state index >= 15 is 0 Å². The molecule has 1 aromatic carbocycles. The zero-order chi connectivity index (χ0) is 13.0. The minimum atomic E-state index is 0.417. The van der Waals surface area contributed by atoms with Gasteiger partial charge in [0.1, 0.15) is 0 Å². The summed E-state index contributed by atoms with van der Waals surface area (Å²) < 4.78 is 0. The van der Waals surface area contributed by atoms with Gasteiger partial charge < -0.3 is 5.32 Å². The van der Waals surface area contributed by atoms with Gasteiger partial charge in [0.15, 0.2) is 0 Å². The molecular weight excluding hydrogens is 220 g/mol. The van der Waals surface area contributed by atoms with Crippen LogP contribution in [-0.2, 0) is 0 Å². The molecule has 0 fully saturated rings. The molecule has 1 aromatic heterocycles. The molecule has 96 valence electrons. The Labute approximate surface area is 109 Å². The predicted octanol–water partition coefficient (Wildman–Crippen LogP) is 3.93. The molecule has 0 aliphatic rings. The smallest absolute Gasteiger partial charge is 0.0349 e. The average Bonchev–Trinajstić information content (AvgIpc) is 2.39. The van der Waals surface area contributed by atoms with E-state index in [1.165, 1.54) is 29.2 Å². The lowest BCUT2D eigenvalue weighted by Gasteiger charge is -2.19. The van der Waals surface area contributed by atoms with Gasteiger partial charge in [-0.25, -0.2) is 0 Å². The number of pyridine rings is 1. The van der Waals surface area contributed by atoms with Crippen LogP contribution in [0, 0.1) is 5.92 Å². The van der Waals surface area contributed by atoms with Crippen molar-refractivity contribution < 1.29 is 0 Å². The van der Waals surface area contributed by atoms with Crippen molar-refractivity contribution in [2.24, 2.45) is 5.92 Å². The van der Waals surface area contributed by atoms with E-state index in [0.717, 1.165) is 5.92 Å². The Morgan fingerprint density at radius 3 is 2.72 bits per heavy atom. The number of hydrogen-bond acceptors (Lipinski definition) is 2. The molecule has 1 N–H and O–H groups in total. The lowest BCUT2D eigenvalue weighted by atomic mass is 9.94. The maximum absolute atomic E-state index is 4.26. The number of nitrogens with zero attached hydrogens (tertiary/aromatic N) is 1. The van der Waals surface area contributed by atoms with Crippen LogP contribution >= 0.6 is 0 Å². The van der Waals surface area contributed by atoms with Gasteiger partial charge in [-0.2, -0.15) is 0 Å². The van der Waals surface area contributed by atoms with Gasteiger partial charge in [-0.15, -0.1) is 0 Å².